The summed E-state index contributed by atoms with van der Waals surface area (Å²) in [5.74, 6) is -6.20. The molecular formula is C23H25F5N6O3S. The molecule has 0 unspecified atom stereocenters. The predicted octanol–water partition coefficient (Wildman–Crippen LogP) is 3.75. The number of amidine groups is 1. The Balaban J connectivity index is 1.57. The number of rotatable bonds is 7. The minimum atomic E-state index is -4.38. The van der Waals surface area contributed by atoms with Crippen LogP contribution >= 0.6 is 0 Å². The van der Waals surface area contributed by atoms with Crippen LogP contribution in [0.4, 0.5) is 27.6 Å². The van der Waals surface area contributed by atoms with Crippen LogP contribution < -0.4 is 15.8 Å². The second-order valence-corrected chi connectivity index (χ2v) is 12.6. The number of carbonyl (C=O) groups excluding carboxylic acids is 1. The normalized spacial score (nSPS) is 26.3. The summed E-state index contributed by atoms with van der Waals surface area (Å²) in [5, 5.41) is 1.91. The van der Waals surface area contributed by atoms with Gasteiger partial charge in [0.05, 0.1) is 27.4 Å². The highest BCUT2D eigenvalue weighted by molar-refractivity contribution is 7.96. The number of amides is 1. The number of hydrogen-bond donors (Lipinski definition) is 2. The zero-order valence-electron chi connectivity index (χ0n) is 20.6. The molecule has 0 radical (unpaired) electrons. The Kier molecular flexibility index (Phi) is 6.87. The van der Waals surface area contributed by atoms with Crippen LogP contribution in [0.1, 0.15) is 43.2 Å². The van der Waals surface area contributed by atoms with Gasteiger partial charge in [-0.25, -0.2) is 31.7 Å². The Morgan fingerprint density at radius 2 is 1.97 bits per heavy atom. The van der Waals surface area contributed by atoms with Crippen LogP contribution in [-0.2, 0) is 15.3 Å². The lowest BCUT2D eigenvalue weighted by atomic mass is 9.85. The van der Waals surface area contributed by atoms with Crippen LogP contribution in [0.3, 0.4) is 0 Å². The maximum Gasteiger partial charge on any atom is 0.340 e. The van der Waals surface area contributed by atoms with E-state index in [2.05, 4.69) is 29.4 Å². The largest absolute Gasteiger partial charge is 0.470 e. The van der Waals surface area contributed by atoms with E-state index in [1.165, 1.54) is 12.1 Å². The zero-order valence-corrected chi connectivity index (χ0v) is 21.4. The van der Waals surface area contributed by atoms with Gasteiger partial charge >= 0.3 is 12.3 Å². The van der Waals surface area contributed by atoms with Crippen LogP contribution in [0.15, 0.2) is 39.9 Å². The van der Waals surface area contributed by atoms with Crippen LogP contribution in [0.25, 0.3) is 0 Å². The molecule has 9 nitrogen and oxygen atoms in total. The molecule has 3 heterocycles. The van der Waals surface area contributed by atoms with Crippen molar-refractivity contribution in [2.24, 2.45) is 15.1 Å². The number of aromatic nitrogens is 2. The summed E-state index contributed by atoms with van der Waals surface area (Å²) in [6.45, 7) is 3.73. The Bertz CT molecular complexity index is 1410. The van der Waals surface area contributed by atoms with Gasteiger partial charge in [-0.2, -0.15) is 8.78 Å². The minimum Gasteiger partial charge on any atom is -0.470 e. The molecule has 15 heteroatoms. The number of halogens is 5. The van der Waals surface area contributed by atoms with E-state index in [0.29, 0.717) is 13.0 Å². The van der Waals surface area contributed by atoms with Crippen LogP contribution in [-0.4, -0.2) is 61.4 Å². The molecule has 0 bridgehead atoms. The molecule has 0 aliphatic carbocycles. The summed E-state index contributed by atoms with van der Waals surface area (Å²) in [4.78, 5) is 24.6. The molecule has 2 aliphatic rings. The van der Waals surface area contributed by atoms with E-state index in [9.17, 15) is 26.6 Å². The number of nitrogens with zero attached hydrogens (tertiary/aromatic N) is 4. The average Bonchev–Trinajstić information content (AvgIpc) is 3.28. The minimum absolute atomic E-state index is 0.0679. The molecule has 3 atom stereocenters. The standard InChI is InChI=1S/C23H25F5N6O3S/c1-21(2)20(29)34-22(3,16-6-7-32-38(16,21)36)13-8-12(4-5-14(13)24)33-18(35)15-9-31-17(10-30-15)37-11-23(27,28)19(25)26/h4-5,8-10,16,19H,6-7,11H2,1-3H3,(H2,29,34)(H,33,35)/t16-,22+,38+/m0/s1. The molecule has 38 heavy (non-hydrogen) atoms. The molecule has 1 amide bonds. The third kappa shape index (κ3) is 4.56. The molecule has 0 fully saturated rings. The molecule has 206 valence electrons. The quantitative estimate of drug-likeness (QED) is 0.496. The lowest BCUT2D eigenvalue weighted by molar-refractivity contribution is -0.148. The summed E-state index contributed by atoms with van der Waals surface area (Å²) in [6.07, 6.45) is -1.77. The molecule has 0 saturated carbocycles. The van der Waals surface area contributed by atoms with Gasteiger partial charge in [0, 0.05) is 17.8 Å². The van der Waals surface area contributed by atoms with Crippen molar-refractivity contribution in [2.75, 3.05) is 18.5 Å². The zero-order chi connectivity index (χ0) is 28.1. The Labute approximate surface area is 215 Å². The number of benzene rings is 1. The first-order valence-electron chi connectivity index (χ1n) is 11.4. The maximum atomic E-state index is 15.1. The second kappa shape index (κ2) is 9.43. The van der Waals surface area contributed by atoms with Crippen molar-refractivity contribution < 1.29 is 35.7 Å². The number of alkyl halides is 4. The van der Waals surface area contributed by atoms with Crippen molar-refractivity contribution in [1.82, 2.24) is 9.97 Å². The molecule has 1 aromatic heterocycles. The van der Waals surface area contributed by atoms with Gasteiger partial charge in [0.2, 0.25) is 5.88 Å². The third-order valence-corrected chi connectivity index (χ3v) is 10.5. The predicted molar refractivity (Wildman–Crippen MR) is 130 cm³/mol. The number of fused-ring (bicyclic) bond motifs is 1. The number of anilines is 1. The van der Waals surface area contributed by atoms with Gasteiger partial charge in [-0.1, -0.05) is 0 Å². The molecule has 1 aromatic carbocycles. The van der Waals surface area contributed by atoms with Gasteiger partial charge in [-0.3, -0.25) is 9.79 Å². The second-order valence-electron chi connectivity index (χ2n) is 9.59. The summed E-state index contributed by atoms with van der Waals surface area (Å²) in [6, 6.07) is 3.78. The number of nitrogens with two attached hydrogens (primary N) is 1. The van der Waals surface area contributed by atoms with Crippen molar-refractivity contribution in [3.05, 3.63) is 47.7 Å². The van der Waals surface area contributed by atoms with Crippen molar-refractivity contribution in [2.45, 2.75) is 55.1 Å². The summed E-state index contributed by atoms with van der Waals surface area (Å²) in [7, 11) is -2.90. The van der Waals surface area contributed by atoms with Crippen molar-refractivity contribution >= 4 is 27.2 Å². The number of ether oxygens (including phenoxy) is 1. The van der Waals surface area contributed by atoms with E-state index in [1.54, 1.807) is 20.8 Å². The number of aliphatic imine (C=N–C) groups is 1. The van der Waals surface area contributed by atoms with Crippen molar-refractivity contribution in [3.63, 3.8) is 0 Å². The van der Waals surface area contributed by atoms with E-state index < -0.39 is 61.8 Å². The van der Waals surface area contributed by atoms with Crippen LogP contribution in [0, 0.1) is 5.82 Å². The average molecular weight is 561 g/mol. The van der Waals surface area contributed by atoms with Gasteiger partial charge < -0.3 is 15.8 Å². The van der Waals surface area contributed by atoms with Crippen LogP contribution in [0.2, 0.25) is 0 Å². The fraction of sp³-hybridized carbons (Fsp3) is 0.478. The molecule has 0 saturated heterocycles. The molecule has 2 aliphatic heterocycles. The molecule has 4 rings (SSSR count). The topological polar surface area (TPSA) is 132 Å². The molecule has 3 N–H and O–H groups in total. The fourth-order valence-electron chi connectivity index (χ4n) is 4.43. The highest BCUT2D eigenvalue weighted by Gasteiger charge is 2.56. The smallest absolute Gasteiger partial charge is 0.340 e. The Hall–Kier alpha value is -3.36. The first-order valence-corrected chi connectivity index (χ1v) is 13.0. The van der Waals surface area contributed by atoms with Crippen molar-refractivity contribution in [1.29, 1.82) is 0 Å². The first kappa shape index (κ1) is 27.7. The Morgan fingerprint density at radius 3 is 2.61 bits per heavy atom. The SMILES string of the molecule is CC1(C)C(N)=N[C@](C)(c2cc(NC(=O)c3cnc(OCC(F)(F)C(F)F)cn3)ccc2F)[C@@H]2CCN=[S@@]21=O. The number of nitrogens with one attached hydrogen (secondary N) is 1. The maximum absolute atomic E-state index is 15.1. The molecule has 2 aromatic rings. The monoisotopic (exact) mass is 560 g/mol. The molecule has 0 spiro atoms. The third-order valence-electron chi connectivity index (χ3n) is 6.75. The Morgan fingerprint density at radius 1 is 1.26 bits per heavy atom. The van der Waals surface area contributed by atoms with Gasteiger partial charge in [-0.15, -0.1) is 0 Å². The lowest BCUT2D eigenvalue weighted by Crippen LogP contribution is -2.58. The highest BCUT2D eigenvalue weighted by Crippen LogP contribution is 2.48. The number of carbonyl (C=O) groups is 1. The van der Waals surface area contributed by atoms with E-state index in [1.807, 2.05) is 0 Å². The summed E-state index contributed by atoms with van der Waals surface area (Å²) < 4.78 is 87.5. The van der Waals surface area contributed by atoms with Gasteiger partial charge in [-0.05, 0) is 45.4 Å². The summed E-state index contributed by atoms with van der Waals surface area (Å²) in [5.41, 5.74) is 4.85. The first-order chi connectivity index (χ1) is 17.6. The van der Waals surface area contributed by atoms with E-state index >= 15 is 4.39 Å². The van der Waals surface area contributed by atoms with Gasteiger partial charge in [0.1, 0.15) is 27.6 Å². The molecular weight excluding hydrogens is 535 g/mol. The van der Waals surface area contributed by atoms with E-state index in [4.69, 9.17) is 5.73 Å². The number of hydrogen-bond acceptors (Lipinski definition) is 8. The van der Waals surface area contributed by atoms with Gasteiger partial charge in [0.25, 0.3) is 5.91 Å². The summed E-state index contributed by atoms with van der Waals surface area (Å²) >= 11 is 0. The van der Waals surface area contributed by atoms with Crippen molar-refractivity contribution in [3.8, 4) is 5.88 Å². The van der Waals surface area contributed by atoms with Gasteiger partial charge in [0.15, 0.2) is 6.61 Å². The van der Waals surface area contributed by atoms with E-state index in [0.717, 1.165) is 18.5 Å². The lowest BCUT2D eigenvalue weighted by Gasteiger charge is -2.44. The fourth-order valence-corrected chi connectivity index (χ4v) is 7.59. The van der Waals surface area contributed by atoms with E-state index in [-0.39, 0.29) is 22.8 Å². The highest BCUT2D eigenvalue weighted by atomic mass is 32.2. The van der Waals surface area contributed by atoms with Crippen LogP contribution in [0.5, 0.6) is 5.88 Å².